The van der Waals surface area contributed by atoms with Crippen molar-refractivity contribution in [2.45, 2.75) is 27.3 Å². The van der Waals surface area contributed by atoms with E-state index < -0.39 is 0 Å². The molecule has 0 bridgehead atoms. The molecule has 0 unspecified atom stereocenters. The molecule has 0 saturated heterocycles. The fraction of sp³-hybridized carbons (Fsp3) is 0.185. The first kappa shape index (κ1) is 22.1. The Morgan fingerprint density at radius 1 is 0.909 bits per heavy atom. The van der Waals surface area contributed by atoms with Crippen LogP contribution in [0.25, 0.3) is 11.0 Å². The van der Waals surface area contributed by atoms with Gasteiger partial charge in [-0.1, -0.05) is 0 Å². The van der Waals surface area contributed by atoms with Crippen molar-refractivity contribution in [3.05, 3.63) is 99.4 Å². The standard InChI is InChI=1S/C27H26N2O4/c1-4-32-23-11-9-22(10-12-23)29-27(31)19-5-7-21(8-6-19)28-16-20-15-26(30)33-25-14-18(3)17(2)13-24(20)25/h5-15,28H,4,16H2,1-3H3,(H,29,31). The molecule has 4 aromatic rings. The molecule has 0 saturated carbocycles. The molecule has 1 amide bonds. The highest BCUT2D eigenvalue weighted by Crippen LogP contribution is 2.23. The number of fused-ring (bicyclic) bond motifs is 1. The molecule has 0 radical (unpaired) electrons. The monoisotopic (exact) mass is 442 g/mol. The topological polar surface area (TPSA) is 80.6 Å². The van der Waals surface area contributed by atoms with E-state index in [0.29, 0.717) is 30.0 Å². The second kappa shape index (κ2) is 9.61. The first-order valence-corrected chi connectivity index (χ1v) is 10.8. The van der Waals surface area contributed by atoms with Gasteiger partial charge in [0.1, 0.15) is 11.3 Å². The van der Waals surface area contributed by atoms with Crippen LogP contribution in [0.4, 0.5) is 11.4 Å². The lowest BCUT2D eigenvalue weighted by atomic mass is 10.0. The fourth-order valence-corrected chi connectivity index (χ4v) is 3.57. The number of benzene rings is 3. The average molecular weight is 443 g/mol. The van der Waals surface area contributed by atoms with Crippen molar-refractivity contribution in [2.75, 3.05) is 17.2 Å². The number of hydrogen-bond donors (Lipinski definition) is 2. The summed E-state index contributed by atoms with van der Waals surface area (Å²) in [6.45, 7) is 7.01. The number of nitrogens with one attached hydrogen (secondary N) is 2. The Kier molecular flexibility index (Phi) is 6.45. The third-order valence-electron chi connectivity index (χ3n) is 5.50. The van der Waals surface area contributed by atoms with Crippen molar-refractivity contribution in [2.24, 2.45) is 0 Å². The Bertz CT molecular complexity index is 1340. The smallest absolute Gasteiger partial charge is 0.336 e. The number of aryl methyl sites for hydroxylation is 2. The molecular formula is C27H26N2O4. The maximum absolute atomic E-state index is 12.6. The van der Waals surface area contributed by atoms with Gasteiger partial charge in [-0.2, -0.15) is 0 Å². The Labute approximate surface area is 192 Å². The first-order valence-electron chi connectivity index (χ1n) is 10.8. The van der Waals surface area contributed by atoms with Gasteiger partial charge in [-0.15, -0.1) is 0 Å². The molecule has 0 aliphatic heterocycles. The minimum absolute atomic E-state index is 0.191. The maximum Gasteiger partial charge on any atom is 0.336 e. The summed E-state index contributed by atoms with van der Waals surface area (Å²) in [6.07, 6.45) is 0. The van der Waals surface area contributed by atoms with E-state index in [2.05, 4.69) is 10.6 Å². The van der Waals surface area contributed by atoms with Crippen molar-refractivity contribution in [1.82, 2.24) is 0 Å². The zero-order valence-corrected chi connectivity index (χ0v) is 18.9. The summed E-state index contributed by atoms with van der Waals surface area (Å²) in [5.74, 6) is 0.573. The number of rotatable bonds is 7. The molecule has 168 valence electrons. The highest BCUT2D eigenvalue weighted by Gasteiger charge is 2.09. The second-order valence-corrected chi connectivity index (χ2v) is 7.87. The molecular weight excluding hydrogens is 416 g/mol. The van der Waals surface area contributed by atoms with Gasteiger partial charge in [0.05, 0.1) is 6.61 Å². The van der Waals surface area contributed by atoms with Crippen molar-refractivity contribution in [1.29, 1.82) is 0 Å². The molecule has 1 heterocycles. The van der Waals surface area contributed by atoms with Gasteiger partial charge in [-0.05, 0) is 98.1 Å². The van der Waals surface area contributed by atoms with Crippen LogP contribution in [0.5, 0.6) is 5.75 Å². The molecule has 2 N–H and O–H groups in total. The van der Waals surface area contributed by atoms with E-state index in [-0.39, 0.29) is 11.5 Å². The van der Waals surface area contributed by atoms with E-state index in [9.17, 15) is 9.59 Å². The van der Waals surface area contributed by atoms with Crippen molar-refractivity contribution in [3.8, 4) is 5.75 Å². The fourth-order valence-electron chi connectivity index (χ4n) is 3.57. The summed E-state index contributed by atoms with van der Waals surface area (Å²) in [7, 11) is 0. The van der Waals surface area contributed by atoms with E-state index in [1.807, 2.05) is 69.3 Å². The van der Waals surface area contributed by atoms with Crippen LogP contribution < -0.4 is 21.0 Å². The zero-order valence-electron chi connectivity index (χ0n) is 18.9. The van der Waals surface area contributed by atoms with E-state index in [1.54, 1.807) is 12.1 Å². The van der Waals surface area contributed by atoms with Gasteiger partial charge in [0.2, 0.25) is 0 Å². The Balaban J connectivity index is 1.43. The molecule has 0 spiro atoms. The molecule has 6 nitrogen and oxygen atoms in total. The number of ether oxygens (including phenoxy) is 1. The highest BCUT2D eigenvalue weighted by atomic mass is 16.5. The molecule has 0 aliphatic rings. The van der Waals surface area contributed by atoms with Crippen LogP contribution in [-0.4, -0.2) is 12.5 Å². The zero-order chi connectivity index (χ0) is 23.4. The summed E-state index contributed by atoms with van der Waals surface area (Å²) in [5, 5.41) is 7.12. The number of carbonyl (C=O) groups excluding carboxylic acids is 1. The number of hydrogen-bond acceptors (Lipinski definition) is 5. The van der Waals surface area contributed by atoms with Gasteiger partial charge < -0.3 is 19.8 Å². The average Bonchev–Trinajstić information content (AvgIpc) is 2.80. The summed E-state index contributed by atoms with van der Waals surface area (Å²) < 4.78 is 10.8. The summed E-state index contributed by atoms with van der Waals surface area (Å²) >= 11 is 0. The Hall–Kier alpha value is -4.06. The van der Waals surface area contributed by atoms with Crippen LogP contribution >= 0.6 is 0 Å². The third kappa shape index (κ3) is 5.23. The van der Waals surface area contributed by atoms with E-state index in [0.717, 1.165) is 33.5 Å². The van der Waals surface area contributed by atoms with Crippen molar-refractivity contribution >= 4 is 28.3 Å². The minimum atomic E-state index is -0.371. The van der Waals surface area contributed by atoms with Crippen molar-refractivity contribution in [3.63, 3.8) is 0 Å². The summed E-state index contributed by atoms with van der Waals surface area (Å²) in [5.41, 5.74) is 5.39. The lowest BCUT2D eigenvalue weighted by Crippen LogP contribution is -2.12. The molecule has 4 rings (SSSR count). The van der Waals surface area contributed by atoms with Gasteiger partial charge in [-0.3, -0.25) is 4.79 Å². The molecule has 33 heavy (non-hydrogen) atoms. The highest BCUT2D eigenvalue weighted by molar-refractivity contribution is 6.04. The first-order chi connectivity index (χ1) is 15.9. The predicted octanol–water partition coefficient (Wildman–Crippen LogP) is 5.67. The second-order valence-electron chi connectivity index (χ2n) is 7.87. The van der Waals surface area contributed by atoms with E-state index in [4.69, 9.17) is 9.15 Å². The van der Waals surface area contributed by atoms with Gasteiger partial charge in [0, 0.05) is 34.9 Å². The van der Waals surface area contributed by atoms with Crippen LogP contribution in [0.2, 0.25) is 0 Å². The SMILES string of the molecule is CCOc1ccc(NC(=O)c2ccc(NCc3cc(=O)oc4cc(C)c(C)cc34)cc2)cc1. The number of amides is 1. The molecule has 1 aromatic heterocycles. The van der Waals surface area contributed by atoms with Crippen LogP contribution in [0.3, 0.4) is 0 Å². The van der Waals surface area contributed by atoms with Crippen molar-refractivity contribution < 1.29 is 13.9 Å². The van der Waals surface area contributed by atoms with Crippen LogP contribution in [-0.2, 0) is 6.54 Å². The predicted molar refractivity (Wildman–Crippen MR) is 131 cm³/mol. The summed E-state index contributed by atoms with van der Waals surface area (Å²) in [6, 6.07) is 19.9. The Morgan fingerprint density at radius 3 is 2.27 bits per heavy atom. The van der Waals surface area contributed by atoms with Gasteiger partial charge in [0.15, 0.2) is 0 Å². The largest absolute Gasteiger partial charge is 0.494 e. The normalized spacial score (nSPS) is 10.8. The van der Waals surface area contributed by atoms with Crippen LogP contribution in [0, 0.1) is 13.8 Å². The summed E-state index contributed by atoms with van der Waals surface area (Å²) in [4.78, 5) is 24.5. The van der Waals surface area contributed by atoms with E-state index in [1.165, 1.54) is 6.07 Å². The number of anilines is 2. The van der Waals surface area contributed by atoms with Crippen LogP contribution in [0.15, 0.2) is 75.9 Å². The van der Waals surface area contributed by atoms with Crippen LogP contribution in [0.1, 0.15) is 34.0 Å². The third-order valence-corrected chi connectivity index (χ3v) is 5.50. The lowest BCUT2D eigenvalue weighted by Gasteiger charge is -2.11. The Morgan fingerprint density at radius 2 is 1.58 bits per heavy atom. The van der Waals surface area contributed by atoms with Gasteiger partial charge in [0.25, 0.3) is 5.91 Å². The molecule has 0 fully saturated rings. The lowest BCUT2D eigenvalue weighted by molar-refractivity contribution is 0.102. The molecule has 0 atom stereocenters. The quantitative estimate of drug-likeness (QED) is 0.360. The maximum atomic E-state index is 12.6. The van der Waals surface area contributed by atoms with Gasteiger partial charge in [-0.25, -0.2) is 4.79 Å². The molecule has 0 aliphatic carbocycles. The van der Waals surface area contributed by atoms with Gasteiger partial charge >= 0.3 is 5.63 Å². The number of carbonyl (C=O) groups is 1. The van der Waals surface area contributed by atoms with E-state index >= 15 is 0 Å². The molecule has 6 heteroatoms. The molecule has 3 aromatic carbocycles. The minimum Gasteiger partial charge on any atom is -0.494 e.